The maximum atomic E-state index is 12.8. The third-order valence-corrected chi connectivity index (χ3v) is 5.19. The number of rotatable bonds is 5. The Kier molecular flexibility index (Phi) is 4.24. The molecule has 0 bridgehead atoms. The Bertz CT molecular complexity index is 993. The van der Waals surface area contributed by atoms with E-state index in [1.165, 1.54) is 4.68 Å². The fraction of sp³-hybridized carbons (Fsp3) is 0.316. The van der Waals surface area contributed by atoms with Crippen molar-refractivity contribution in [3.8, 4) is 10.7 Å². The van der Waals surface area contributed by atoms with E-state index in [-0.39, 0.29) is 24.2 Å². The van der Waals surface area contributed by atoms with Gasteiger partial charge in [-0.05, 0) is 61.4 Å². The number of hydrogen-bond acceptors (Lipinski definition) is 4. The van der Waals surface area contributed by atoms with Crippen LogP contribution in [0.15, 0.2) is 40.5 Å². The van der Waals surface area contributed by atoms with Crippen molar-refractivity contribution in [2.45, 2.75) is 39.3 Å². The molecule has 1 aromatic carbocycles. The Morgan fingerprint density at radius 3 is 2.62 bits per heavy atom. The van der Waals surface area contributed by atoms with Gasteiger partial charge in [-0.3, -0.25) is 9.36 Å². The number of thiophene rings is 1. The zero-order valence-electron chi connectivity index (χ0n) is 14.7. The van der Waals surface area contributed by atoms with Gasteiger partial charge < -0.3 is 5.32 Å². The van der Waals surface area contributed by atoms with E-state index in [9.17, 15) is 9.59 Å². The molecule has 7 heteroatoms. The Morgan fingerprint density at radius 2 is 2.00 bits per heavy atom. The Hall–Kier alpha value is -2.67. The Labute approximate surface area is 155 Å². The second kappa shape index (κ2) is 6.57. The third-order valence-electron chi connectivity index (χ3n) is 4.32. The number of aryl methyl sites for hydroxylation is 2. The average molecular weight is 368 g/mol. The molecule has 0 saturated heterocycles. The van der Waals surface area contributed by atoms with E-state index in [1.807, 2.05) is 49.6 Å². The second-order valence-electron chi connectivity index (χ2n) is 6.77. The number of benzene rings is 1. The largest absolute Gasteiger partial charge is 0.346 e. The standard InChI is InChI=1S/C19H20N4O2S/c1-12-8-13(2)10-14(9-12)20-17(24)11-22-19(25)23(15-5-6-15)18(21-22)16-4-3-7-26-16/h3-4,7-10,15H,5-6,11H2,1-2H3,(H,20,24). The SMILES string of the molecule is Cc1cc(C)cc(NC(=O)Cn2nc(-c3cccs3)n(C3CC3)c2=O)c1. The fourth-order valence-electron chi connectivity index (χ4n) is 3.14. The molecule has 6 nitrogen and oxygen atoms in total. The van der Waals surface area contributed by atoms with Crippen molar-refractivity contribution in [3.63, 3.8) is 0 Å². The van der Waals surface area contributed by atoms with Gasteiger partial charge in [-0.2, -0.15) is 0 Å². The summed E-state index contributed by atoms with van der Waals surface area (Å²) in [5.41, 5.74) is 2.68. The lowest BCUT2D eigenvalue weighted by molar-refractivity contribution is -0.117. The van der Waals surface area contributed by atoms with Crippen molar-refractivity contribution in [2.24, 2.45) is 0 Å². The Morgan fingerprint density at radius 1 is 1.27 bits per heavy atom. The van der Waals surface area contributed by atoms with Crippen molar-refractivity contribution in [2.75, 3.05) is 5.32 Å². The molecule has 1 saturated carbocycles. The number of carbonyl (C=O) groups is 1. The van der Waals surface area contributed by atoms with Gasteiger partial charge in [0.05, 0.1) is 4.88 Å². The second-order valence-corrected chi connectivity index (χ2v) is 7.71. The Balaban J connectivity index is 1.59. The molecule has 0 aliphatic heterocycles. The molecule has 0 radical (unpaired) electrons. The summed E-state index contributed by atoms with van der Waals surface area (Å²) in [6.45, 7) is 3.87. The van der Waals surface area contributed by atoms with Crippen LogP contribution in [-0.2, 0) is 11.3 Å². The normalized spacial score (nSPS) is 13.8. The minimum atomic E-state index is -0.254. The van der Waals surface area contributed by atoms with E-state index in [0.717, 1.165) is 34.5 Å². The molecule has 1 amide bonds. The molecular formula is C19H20N4O2S. The number of nitrogens with one attached hydrogen (secondary N) is 1. The van der Waals surface area contributed by atoms with E-state index in [2.05, 4.69) is 10.4 Å². The summed E-state index contributed by atoms with van der Waals surface area (Å²) < 4.78 is 3.00. The van der Waals surface area contributed by atoms with Gasteiger partial charge in [0.1, 0.15) is 6.54 Å². The highest BCUT2D eigenvalue weighted by Crippen LogP contribution is 2.37. The lowest BCUT2D eigenvalue weighted by Gasteiger charge is -2.07. The predicted molar refractivity (Wildman–Crippen MR) is 103 cm³/mol. The highest BCUT2D eigenvalue weighted by molar-refractivity contribution is 7.13. The van der Waals surface area contributed by atoms with Gasteiger partial charge >= 0.3 is 5.69 Å². The molecular weight excluding hydrogens is 348 g/mol. The lowest BCUT2D eigenvalue weighted by atomic mass is 10.1. The topological polar surface area (TPSA) is 68.9 Å². The van der Waals surface area contributed by atoms with Crippen molar-refractivity contribution >= 4 is 22.9 Å². The number of anilines is 1. The molecule has 1 N–H and O–H groups in total. The highest BCUT2D eigenvalue weighted by Gasteiger charge is 2.31. The van der Waals surface area contributed by atoms with Gasteiger partial charge in [0.25, 0.3) is 0 Å². The van der Waals surface area contributed by atoms with E-state index in [4.69, 9.17) is 0 Å². The first-order valence-corrected chi connectivity index (χ1v) is 9.50. The molecule has 0 unspecified atom stereocenters. The van der Waals surface area contributed by atoms with Crippen LogP contribution in [0.1, 0.15) is 30.0 Å². The molecule has 2 heterocycles. The maximum Gasteiger partial charge on any atom is 0.346 e. The quantitative estimate of drug-likeness (QED) is 0.751. The summed E-state index contributed by atoms with van der Waals surface area (Å²) in [4.78, 5) is 26.1. The zero-order chi connectivity index (χ0) is 18.3. The zero-order valence-corrected chi connectivity index (χ0v) is 15.5. The first-order chi connectivity index (χ1) is 12.5. The molecule has 26 heavy (non-hydrogen) atoms. The molecule has 1 aliphatic carbocycles. The van der Waals surface area contributed by atoms with E-state index < -0.39 is 0 Å². The summed E-state index contributed by atoms with van der Waals surface area (Å²) in [7, 11) is 0. The van der Waals surface area contributed by atoms with E-state index in [0.29, 0.717) is 5.82 Å². The van der Waals surface area contributed by atoms with Crippen molar-refractivity contribution in [1.82, 2.24) is 14.3 Å². The van der Waals surface area contributed by atoms with Crippen LogP contribution < -0.4 is 11.0 Å². The molecule has 1 aliphatic rings. The van der Waals surface area contributed by atoms with Crippen LogP contribution in [0.2, 0.25) is 0 Å². The summed E-state index contributed by atoms with van der Waals surface area (Å²) in [6.07, 6.45) is 1.97. The van der Waals surface area contributed by atoms with E-state index in [1.54, 1.807) is 15.9 Å². The first kappa shape index (κ1) is 16.8. The minimum Gasteiger partial charge on any atom is -0.324 e. The van der Waals surface area contributed by atoms with Crippen LogP contribution in [0.4, 0.5) is 5.69 Å². The van der Waals surface area contributed by atoms with Gasteiger partial charge in [0, 0.05) is 11.7 Å². The molecule has 3 aromatic rings. The number of amides is 1. The van der Waals surface area contributed by atoms with Gasteiger partial charge in [0.15, 0.2) is 5.82 Å². The number of nitrogens with zero attached hydrogens (tertiary/aromatic N) is 3. The molecule has 0 spiro atoms. The van der Waals surface area contributed by atoms with Crippen LogP contribution in [0, 0.1) is 13.8 Å². The van der Waals surface area contributed by atoms with Crippen LogP contribution >= 0.6 is 11.3 Å². The summed E-state index contributed by atoms with van der Waals surface area (Å²) in [5.74, 6) is 0.405. The number of hydrogen-bond donors (Lipinski definition) is 1. The summed E-state index contributed by atoms with van der Waals surface area (Å²) in [6, 6.07) is 9.96. The predicted octanol–water partition coefficient (Wildman–Crippen LogP) is 3.36. The third kappa shape index (κ3) is 3.35. The minimum absolute atomic E-state index is 0.0933. The van der Waals surface area contributed by atoms with Gasteiger partial charge in [-0.25, -0.2) is 9.48 Å². The van der Waals surface area contributed by atoms with Gasteiger partial charge in [-0.1, -0.05) is 12.1 Å². The molecule has 1 fully saturated rings. The molecule has 134 valence electrons. The average Bonchev–Trinajstić information content (AvgIpc) is 3.14. The van der Waals surface area contributed by atoms with Gasteiger partial charge in [-0.15, -0.1) is 16.4 Å². The van der Waals surface area contributed by atoms with Crippen LogP contribution in [0.3, 0.4) is 0 Å². The molecule has 4 rings (SSSR count). The first-order valence-electron chi connectivity index (χ1n) is 8.62. The van der Waals surface area contributed by atoms with Crippen LogP contribution in [0.5, 0.6) is 0 Å². The fourth-order valence-corrected chi connectivity index (χ4v) is 3.85. The number of carbonyl (C=O) groups excluding carboxylic acids is 1. The van der Waals surface area contributed by atoms with Crippen molar-refractivity contribution in [1.29, 1.82) is 0 Å². The molecule has 2 aromatic heterocycles. The smallest absolute Gasteiger partial charge is 0.324 e. The number of aromatic nitrogens is 3. The van der Waals surface area contributed by atoms with E-state index >= 15 is 0 Å². The van der Waals surface area contributed by atoms with Crippen LogP contribution in [0.25, 0.3) is 10.7 Å². The van der Waals surface area contributed by atoms with Crippen molar-refractivity contribution in [3.05, 3.63) is 57.3 Å². The summed E-state index contributed by atoms with van der Waals surface area (Å²) in [5, 5.41) is 9.27. The van der Waals surface area contributed by atoms with Gasteiger partial charge in [0.2, 0.25) is 5.91 Å². The maximum absolute atomic E-state index is 12.8. The molecule has 0 atom stereocenters. The monoisotopic (exact) mass is 368 g/mol. The van der Waals surface area contributed by atoms with Crippen molar-refractivity contribution < 1.29 is 4.79 Å². The van der Waals surface area contributed by atoms with Crippen LogP contribution in [-0.4, -0.2) is 20.3 Å². The highest BCUT2D eigenvalue weighted by atomic mass is 32.1. The summed E-state index contributed by atoms with van der Waals surface area (Å²) >= 11 is 1.55. The lowest BCUT2D eigenvalue weighted by Crippen LogP contribution is -2.30.